The molecular weight excluding hydrogens is 262 g/mol. The van der Waals surface area contributed by atoms with Gasteiger partial charge in [0, 0.05) is 6.07 Å². The topological polar surface area (TPSA) is 102 Å². The number of halogens is 2. The Morgan fingerprint density at radius 1 is 1.16 bits per heavy atom. The summed E-state index contributed by atoms with van der Waals surface area (Å²) in [5.74, 6) is -1.77. The molecule has 0 atom stereocenters. The highest BCUT2D eigenvalue weighted by Crippen LogP contribution is 2.15. The molecule has 0 saturated carbocycles. The van der Waals surface area contributed by atoms with E-state index in [4.69, 9.17) is 15.3 Å². The summed E-state index contributed by atoms with van der Waals surface area (Å²) in [6.07, 6.45) is 0. The van der Waals surface area contributed by atoms with Gasteiger partial charge in [-0.1, -0.05) is 0 Å². The van der Waals surface area contributed by atoms with E-state index >= 15 is 0 Å². The predicted octanol–water partition coefficient (Wildman–Crippen LogP) is -0.198. The zero-order valence-electron chi connectivity index (χ0n) is 9.86. The highest BCUT2D eigenvalue weighted by Gasteiger charge is 2.30. The zero-order chi connectivity index (χ0) is 14.5. The van der Waals surface area contributed by atoms with Gasteiger partial charge in [0.25, 0.3) is 0 Å². The van der Waals surface area contributed by atoms with E-state index in [0.717, 1.165) is 12.1 Å². The molecule has 0 unspecified atom stereocenters. The number of nitrogens with one attached hydrogen (secondary N) is 2. The van der Waals surface area contributed by atoms with Gasteiger partial charge in [0.15, 0.2) is 0 Å². The molecule has 0 aliphatic heterocycles. The van der Waals surface area contributed by atoms with Gasteiger partial charge in [0.1, 0.15) is 17.2 Å². The van der Waals surface area contributed by atoms with Gasteiger partial charge in [-0.15, -0.1) is 0 Å². The van der Waals surface area contributed by atoms with Crippen molar-refractivity contribution < 1.29 is 28.9 Å². The molecule has 0 aromatic heterocycles. The molecule has 6 nitrogen and oxygen atoms in total. The van der Waals surface area contributed by atoms with Crippen LogP contribution >= 0.6 is 0 Å². The number of carbonyl (C=O) groups excluding carboxylic acids is 1. The second-order valence-electron chi connectivity index (χ2n) is 3.96. The van der Waals surface area contributed by atoms with E-state index in [1.807, 2.05) is 0 Å². The van der Waals surface area contributed by atoms with Crippen LogP contribution in [0.2, 0.25) is 0 Å². The number of benzene rings is 1. The summed E-state index contributed by atoms with van der Waals surface area (Å²) >= 11 is 0. The second-order valence-corrected chi connectivity index (χ2v) is 3.96. The molecule has 8 heteroatoms. The highest BCUT2D eigenvalue weighted by molar-refractivity contribution is 5.89. The Balaban J connectivity index is 2.74. The van der Waals surface area contributed by atoms with Crippen LogP contribution in [0.1, 0.15) is 0 Å². The maximum atomic E-state index is 13.3. The molecule has 1 aromatic rings. The van der Waals surface area contributed by atoms with E-state index in [0.29, 0.717) is 6.07 Å². The SMILES string of the molecule is O=C(Nc1ccc(F)cc1F)NC(CO)(CO)CO. The maximum absolute atomic E-state index is 13.3. The molecule has 5 N–H and O–H groups in total. The van der Waals surface area contributed by atoms with Crippen LogP contribution in [0, 0.1) is 11.6 Å². The maximum Gasteiger partial charge on any atom is 0.319 e. The molecule has 0 heterocycles. The lowest BCUT2D eigenvalue weighted by Gasteiger charge is -2.28. The molecule has 0 fully saturated rings. The second kappa shape index (κ2) is 6.41. The van der Waals surface area contributed by atoms with Crippen LogP contribution in [0.5, 0.6) is 0 Å². The fourth-order valence-electron chi connectivity index (χ4n) is 1.25. The van der Waals surface area contributed by atoms with Gasteiger partial charge < -0.3 is 26.0 Å². The first kappa shape index (κ1) is 15.3. The molecule has 1 aromatic carbocycles. The fraction of sp³-hybridized carbons (Fsp3) is 0.364. The molecule has 1 rings (SSSR count). The van der Waals surface area contributed by atoms with Crippen molar-refractivity contribution in [2.45, 2.75) is 5.54 Å². The van der Waals surface area contributed by atoms with Gasteiger partial charge >= 0.3 is 6.03 Å². The molecule has 19 heavy (non-hydrogen) atoms. The largest absolute Gasteiger partial charge is 0.394 e. The number of hydrogen-bond donors (Lipinski definition) is 5. The lowest BCUT2D eigenvalue weighted by molar-refractivity contribution is 0.0507. The van der Waals surface area contributed by atoms with Crippen LogP contribution in [0.3, 0.4) is 0 Å². The Hall–Kier alpha value is -1.77. The first-order chi connectivity index (χ1) is 8.96. The summed E-state index contributed by atoms with van der Waals surface area (Å²) < 4.78 is 25.9. The molecule has 106 valence electrons. The van der Waals surface area contributed by atoms with Gasteiger partial charge in [-0.3, -0.25) is 0 Å². The van der Waals surface area contributed by atoms with Crippen LogP contribution in [-0.4, -0.2) is 46.7 Å². The fourth-order valence-corrected chi connectivity index (χ4v) is 1.25. The Kier molecular flexibility index (Phi) is 5.16. The number of urea groups is 1. The van der Waals surface area contributed by atoms with E-state index in [2.05, 4.69) is 10.6 Å². The molecule has 0 radical (unpaired) electrons. The number of aliphatic hydroxyl groups excluding tert-OH is 3. The summed E-state index contributed by atoms with van der Waals surface area (Å²) in [6, 6.07) is 1.61. The molecule has 2 amide bonds. The number of anilines is 1. The monoisotopic (exact) mass is 276 g/mol. The van der Waals surface area contributed by atoms with E-state index in [-0.39, 0.29) is 5.69 Å². The van der Waals surface area contributed by atoms with Gasteiger partial charge in [-0.2, -0.15) is 0 Å². The van der Waals surface area contributed by atoms with E-state index in [9.17, 15) is 13.6 Å². The van der Waals surface area contributed by atoms with Gasteiger partial charge in [-0.05, 0) is 12.1 Å². The highest BCUT2D eigenvalue weighted by atomic mass is 19.1. The minimum atomic E-state index is -1.62. The lowest BCUT2D eigenvalue weighted by Crippen LogP contribution is -2.58. The molecular formula is C11H14F2N2O4. The minimum Gasteiger partial charge on any atom is -0.394 e. The molecule has 0 bridgehead atoms. The van der Waals surface area contributed by atoms with Gasteiger partial charge in [0.05, 0.1) is 25.5 Å². The average Bonchev–Trinajstić information content (AvgIpc) is 2.39. The predicted molar refractivity (Wildman–Crippen MR) is 62.5 cm³/mol. The van der Waals surface area contributed by atoms with Crippen molar-refractivity contribution in [3.63, 3.8) is 0 Å². The van der Waals surface area contributed by atoms with E-state index in [1.54, 1.807) is 0 Å². The van der Waals surface area contributed by atoms with Gasteiger partial charge in [-0.25, -0.2) is 13.6 Å². The molecule has 0 saturated heterocycles. The van der Waals surface area contributed by atoms with Crippen molar-refractivity contribution in [1.29, 1.82) is 0 Å². The van der Waals surface area contributed by atoms with Crippen molar-refractivity contribution >= 4 is 11.7 Å². The summed E-state index contributed by atoms with van der Waals surface area (Å²) in [5, 5.41) is 31.2. The number of amides is 2. The third-order valence-corrected chi connectivity index (χ3v) is 2.47. The summed E-state index contributed by atoms with van der Waals surface area (Å²) in [5.41, 5.74) is -1.90. The van der Waals surface area contributed by atoms with Crippen LogP contribution in [-0.2, 0) is 0 Å². The van der Waals surface area contributed by atoms with Crippen LogP contribution in [0.25, 0.3) is 0 Å². The van der Waals surface area contributed by atoms with Crippen molar-refractivity contribution in [2.24, 2.45) is 0 Å². The average molecular weight is 276 g/mol. The smallest absolute Gasteiger partial charge is 0.319 e. The Morgan fingerprint density at radius 2 is 1.74 bits per heavy atom. The summed E-state index contributed by atoms with van der Waals surface area (Å²) in [7, 11) is 0. The third-order valence-electron chi connectivity index (χ3n) is 2.47. The zero-order valence-corrected chi connectivity index (χ0v) is 9.86. The quantitative estimate of drug-likeness (QED) is 0.514. The van der Waals surface area contributed by atoms with Crippen LogP contribution < -0.4 is 10.6 Å². The first-order valence-corrected chi connectivity index (χ1v) is 5.33. The van der Waals surface area contributed by atoms with Crippen molar-refractivity contribution in [3.8, 4) is 0 Å². The standard InChI is InChI=1S/C11H14F2N2O4/c12-7-1-2-9(8(13)3-7)14-10(19)15-11(4-16,5-17)6-18/h1-3,16-18H,4-6H2,(H2,14,15,19). The summed E-state index contributed by atoms with van der Waals surface area (Å²) in [4.78, 5) is 11.5. The van der Waals surface area contributed by atoms with Crippen LogP contribution in [0.4, 0.5) is 19.3 Å². The normalized spacial score (nSPS) is 11.2. The Bertz CT molecular complexity index is 444. The molecule has 0 spiro atoms. The van der Waals surface area contributed by atoms with E-state index in [1.165, 1.54) is 0 Å². The Morgan fingerprint density at radius 3 is 2.21 bits per heavy atom. The van der Waals surface area contributed by atoms with Crippen molar-refractivity contribution in [3.05, 3.63) is 29.8 Å². The van der Waals surface area contributed by atoms with Crippen LogP contribution in [0.15, 0.2) is 18.2 Å². The van der Waals surface area contributed by atoms with E-state index < -0.39 is 43.0 Å². The number of hydrogen-bond acceptors (Lipinski definition) is 4. The number of carbonyl (C=O) groups is 1. The number of aliphatic hydroxyl groups is 3. The third kappa shape index (κ3) is 3.85. The van der Waals surface area contributed by atoms with Crippen molar-refractivity contribution in [1.82, 2.24) is 5.32 Å². The van der Waals surface area contributed by atoms with Crippen molar-refractivity contribution in [2.75, 3.05) is 25.1 Å². The van der Waals surface area contributed by atoms with Gasteiger partial charge in [0.2, 0.25) is 0 Å². The first-order valence-electron chi connectivity index (χ1n) is 5.33. The Labute approximate surface area is 107 Å². The molecule has 0 aliphatic rings. The molecule has 0 aliphatic carbocycles. The minimum absolute atomic E-state index is 0.276. The number of rotatable bonds is 5. The summed E-state index contributed by atoms with van der Waals surface area (Å²) in [6.45, 7) is -2.13. The lowest BCUT2D eigenvalue weighted by atomic mass is 10.0.